The molecule has 0 bridgehead atoms. The van der Waals surface area contributed by atoms with Gasteiger partial charge in [0.1, 0.15) is 11.8 Å². The van der Waals surface area contributed by atoms with Crippen LogP contribution in [0.2, 0.25) is 0 Å². The number of aliphatic hydroxyl groups is 1. The standard InChI is InChI=1S/C26H32N6O3/c1-28-26(19-7-4-3-5-8-19)13-11-24(12-14-26)17-31(20-16-29-21(15-27)30-22(20)35-2)23(33)32(24)18-25(34)9-6-10-25/h3-5,7-8,16,28,34H,6,9-14,17-18H2,1-2H3. The maximum Gasteiger partial charge on any atom is 0.325 e. The Morgan fingerprint density at radius 3 is 2.46 bits per heavy atom. The summed E-state index contributed by atoms with van der Waals surface area (Å²) >= 11 is 0. The van der Waals surface area contributed by atoms with Crippen molar-refractivity contribution in [1.29, 1.82) is 5.26 Å². The first kappa shape index (κ1) is 23.5. The zero-order chi connectivity index (χ0) is 24.7. The number of aromatic nitrogens is 2. The van der Waals surface area contributed by atoms with Gasteiger partial charge in [-0.25, -0.2) is 9.78 Å². The van der Waals surface area contributed by atoms with Gasteiger partial charge in [-0.15, -0.1) is 0 Å². The molecule has 184 valence electrons. The molecular formula is C26H32N6O3. The van der Waals surface area contributed by atoms with E-state index in [0.717, 1.165) is 32.1 Å². The van der Waals surface area contributed by atoms with Gasteiger partial charge in [-0.2, -0.15) is 10.2 Å². The maximum absolute atomic E-state index is 13.9. The summed E-state index contributed by atoms with van der Waals surface area (Å²) in [5.41, 5.74) is 0.298. The van der Waals surface area contributed by atoms with Crippen LogP contribution in [-0.2, 0) is 5.54 Å². The van der Waals surface area contributed by atoms with E-state index >= 15 is 0 Å². The quantitative estimate of drug-likeness (QED) is 0.659. The molecule has 9 nitrogen and oxygen atoms in total. The first-order valence-corrected chi connectivity index (χ1v) is 12.2. The van der Waals surface area contributed by atoms with Crippen LogP contribution in [-0.4, -0.2) is 64.4 Å². The predicted molar refractivity (Wildman–Crippen MR) is 130 cm³/mol. The molecule has 0 atom stereocenters. The van der Waals surface area contributed by atoms with Crippen molar-refractivity contribution in [3.8, 4) is 11.9 Å². The van der Waals surface area contributed by atoms with E-state index in [9.17, 15) is 15.2 Å². The number of ether oxygens (including phenoxy) is 1. The van der Waals surface area contributed by atoms with Gasteiger partial charge in [0.25, 0.3) is 0 Å². The lowest BCUT2D eigenvalue weighted by atomic mass is 9.68. The number of hydrogen-bond donors (Lipinski definition) is 2. The lowest BCUT2D eigenvalue weighted by Gasteiger charge is -2.50. The van der Waals surface area contributed by atoms with Crippen LogP contribution in [0.5, 0.6) is 5.88 Å². The van der Waals surface area contributed by atoms with Crippen molar-refractivity contribution in [2.24, 2.45) is 0 Å². The SMILES string of the molecule is CNC1(c2ccccc2)CCC2(CC1)CN(c1cnc(C#N)nc1OC)C(=O)N2CC1(O)CCC1. The molecule has 1 aliphatic heterocycles. The molecule has 2 aromatic rings. The van der Waals surface area contributed by atoms with Crippen LogP contribution in [0, 0.1) is 11.3 Å². The Bertz CT molecular complexity index is 1140. The van der Waals surface area contributed by atoms with Gasteiger partial charge < -0.3 is 20.1 Å². The van der Waals surface area contributed by atoms with Crippen LogP contribution in [0.15, 0.2) is 36.5 Å². The number of anilines is 1. The third-order valence-corrected chi connectivity index (χ3v) is 8.38. The Labute approximate surface area is 205 Å². The minimum absolute atomic E-state index is 0.00748. The third-order valence-electron chi connectivity index (χ3n) is 8.38. The van der Waals surface area contributed by atoms with E-state index in [1.807, 2.05) is 24.1 Å². The first-order valence-electron chi connectivity index (χ1n) is 12.2. The van der Waals surface area contributed by atoms with Crippen LogP contribution in [0.4, 0.5) is 10.5 Å². The minimum Gasteiger partial charge on any atom is -0.479 e. The summed E-state index contributed by atoms with van der Waals surface area (Å²) in [6, 6.07) is 12.2. The summed E-state index contributed by atoms with van der Waals surface area (Å²) in [6.07, 6.45) is 7.20. The molecule has 1 saturated heterocycles. The molecule has 2 saturated carbocycles. The summed E-state index contributed by atoms with van der Waals surface area (Å²) in [5.74, 6) is 0.195. The second-order valence-corrected chi connectivity index (χ2v) is 10.2. The average Bonchev–Trinajstić information content (AvgIpc) is 3.14. The molecule has 3 aliphatic rings. The van der Waals surface area contributed by atoms with Crippen molar-refractivity contribution in [3.05, 3.63) is 47.9 Å². The first-order chi connectivity index (χ1) is 16.9. The van der Waals surface area contributed by atoms with Crippen molar-refractivity contribution in [3.63, 3.8) is 0 Å². The zero-order valence-electron chi connectivity index (χ0n) is 20.3. The molecule has 0 unspecified atom stereocenters. The highest BCUT2D eigenvalue weighted by Crippen LogP contribution is 2.49. The summed E-state index contributed by atoms with van der Waals surface area (Å²) in [7, 11) is 3.48. The fraction of sp³-hybridized carbons (Fsp3) is 0.538. The topological polar surface area (TPSA) is 115 Å². The van der Waals surface area contributed by atoms with Crippen LogP contribution in [0.25, 0.3) is 0 Å². The molecule has 0 radical (unpaired) electrons. The zero-order valence-corrected chi connectivity index (χ0v) is 20.3. The molecule has 35 heavy (non-hydrogen) atoms. The molecule has 9 heteroatoms. The largest absolute Gasteiger partial charge is 0.479 e. The fourth-order valence-corrected chi connectivity index (χ4v) is 6.02. The normalized spacial score (nSPS) is 27.5. The van der Waals surface area contributed by atoms with Crippen molar-refractivity contribution in [2.75, 3.05) is 32.1 Å². The number of rotatable bonds is 6. The Balaban J connectivity index is 1.48. The molecule has 3 fully saturated rings. The third kappa shape index (κ3) is 3.91. The van der Waals surface area contributed by atoms with E-state index in [2.05, 4.69) is 39.6 Å². The van der Waals surface area contributed by atoms with Gasteiger partial charge in [0.2, 0.25) is 11.7 Å². The van der Waals surface area contributed by atoms with Gasteiger partial charge in [0, 0.05) is 5.54 Å². The summed E-state index contributed by atoms with van der Waals surface area (Å²) in [5, 5.41) is 23.8. The number of β-amino-alcohol motifs (C(OH)–C–C–N with tert-alkyl or cyclic N) is 1. The summed E-state index contributed by atoms with van der Waals surface area (Å²) < 4.78 is 5.43. The average molecular weight is 477 g/mol. The Hall–Kier alpha value is -3.22. The predicted octanol–water partition coefficient (Wildman–Crippen LogP) is 2.94. The van der Waals surface area contributed by atoms with Gasteiger partial charge in [-0.05, 0) is 57.6 Å². The van der Waals surface area contributed by atoms with E-state index in [1.54, 1.807) is 4.90 Å². The highest BCUT2D eigenvalue weighted by atomic mass is 16.5. The Kier molecular flexibility index (Phi) is 5.90. The number of nitriles is 1. The van der Waals surface area contributed by atoms with E-state index < -0.39 is 11.1 Å². The molecule has 1 spiro atoms. The van der Waals surface area contributed by atoms with Gasteiger partial charge in [0.15, 0.2) is 0 Å². The van der Waals surface area contributed by atoms with E-state index in [0.29, 0.717) is 31.6 Å². The van der Waals surface area contributed by atoms with Gasteiger partial charge in [-0.3, -0.25) is 4.90 Å². The van der Waals surface area contributed by atoms with Crippen molar-refractivity contribution in [1.82, 2.24) is 20.2 Å². The van der Waals surface area contributed by atoms with Crippen molar-refractivity contribution < 1.29 is 14.6 Å². The van der Waals surface area contributed by atoms with Crippen LogP contribution < -0.4 is 15.0 Å². The number of methoxy groups -OCH3 is 1. The van der Waals surface area contributed by atoms with Gasteiger partial charge in [0.05, 0.1) is 37.5 Å². The maximum atomic E-state index is 13.9. The molecule has 2 N–H and O–H groups in total. The molecular weight excluding hydrogens is 444 g/mol. The molecule has 2 heterocycles. The number of hydrogen-bond acceptors (Lipinski definition) is 7. The molecule has 1 aromatic heterocycles. The van der Waals surface area contributed by atoms with Gasteiger partial charge >= 0.3 is 6.03 Å². The molecule has 5 rings (SSSR count). The molecule has 1 aromatic carbocycles. The smallest absolute Gasteiger partial charge is 0.325 e. The minimum atomic E-state index is -0.832. The molecule has 2 amide bonds. The van der Waals surface area contributed by atoms with Crippen LogP contribution in [0.1, 0.15) is 56.3 Å². The second-order valence-electron chi connectivity index (χ2n) is 10.2. The van der Waals surface area contributed by atoms with E-state index in [-0.39, 0.29) is 23.3 Å². The van der Waals surface area contributed by atoms with E-state index in [4.69, 9.17) is 4.74 Å². The van der Waals surface area contributed by atoms with Crippen molar-refractivity contribution in [2.45, 2.75) is 61.6 Å². The van der Waals surface area contributed by atoms with Gasteiger partial charge in [-0.1, -0.05) is 30.3 Å². The number of nitrogens with zero attached hydrogens (tertiary/aromatic N) is 5. The van der Waals surface area contributed by atoms with Crippen LogP contribution in [0.3, 0.4) is 0 Å². The number of benzene rings is 1. The Morgan fingerprint density at radius 1 is 1.17 bits per heavy atom. The van der Waals surface area contributed by atoms with Crippen molar-refractivity contribution >= 4 is 11.7 Å². The highest BCUT2D eigenvalue weighted by molar-refractivity contribution is 5.96. The number of urea groups is 1. The van der Waals surface area contributed by atoms with Crippen LogP contribution >= 0.6 is 0 Å². The lowest BCUT2D eigenvalue weighted by Crippen LogP contribution is -2.59. The number of nitrogens with one attached hydrogen (secondary N) is 1. The monoisotopic (exact) mass is 476 g/mol. The van der Waals surface area contributed by atoms with E-state index in [1.165, 1.54) is 18.9 Å². The highest BCUT2D eigenvalue weighted by Gasteiger charge is 2.56. The Morgan fingerprint density at radius 2 is 1.89 bits per heavy atom. The fourth-order valence-electron chi connectivity index (χ4n) is 6.02. The number of carbonyl (C=O) groups is 1. The second kappa shape index (κ2) is 8.77. The number of carbonyl (C=O) groups excluding carboxylic acids is 1. The summed E-state index contributed by atoms with van der Waals surface area (Å²) in [4.78, 5) is 25.7. The summed E-state index contributed by atoms with van der Waals surface area (Å²) in [6.45, 7) is 0.780. The number of amides is 2. The molecule has 2 aliphatic carbocycles. The lowest BCUT2D eigenvalue weighted by molar-refractivity contribution is -0.0690.